The lowest BCUT2D eigenvalue weighted by atomic mass is 9.82. The number of carbonyl (C=O) groups is 1. The Labute approximate surface area is 79.5 Å². The highest BCUT2D eigenvalue weighted by Crippen LogP contribution is 2.28. The maximum absolute atomic E-state index is 11.4. The van der Waals surface area contributed by atoms with Crippen LogP contribution in [-0.4, -0.2) is 24.2 Å². The van der Waals surface area contributed by atoms with Crippen LogP contribution in [0.5, 0.6) is 0 Å². The van der Waals surface area contributed by atoms with Crippen LogP contribution in [0.25, 0.3) is 0 Å². The zero-order valence-electron chi connectivity index (χ0n) is 8.25. The minimum absolute atomic E-state index is 0.193. The molecular weight excluding hydrogens is 166 g/mol. The molecule has 1 rings (SSSR count). The van der Waals surface area contributed by atoms with Crippen LogP contribution in [-0.2, 0) is 4.79 Å². The predicted molar refractivity (Wildman–Crippen MR) is 51.2 cm³/mol. The summed E-state index contributed by atoms with van der Waals surface area (Å²) in [6.07, 6.45) is 3.88. The summed E-state index contributed by atoms with van der Waals surface area (Å²) < 4.78 is 0. The fourth-order valence-corrected chi connectivity index (χ4v) is 1.93. The number of nitrogens with one attached hydrogen (secondary N) is 1. The third-order valence-corrected chi connectivity index (χ3v) is 2.83. The second-order valence-corrected chi connectivity index (χ2v) is 3.79. The van der Waals surface area contributed by atoms with E-state index in [2.05, 4.69) is 5.32 Å². The molecule has 1 fully saturated rings. The van der Waals surface area contributed by atoms with Gasteiger partial charge >= 0.3 is 0 Å². The molecule has 0 aromatic carbocycles. The third kappa shape index (κ3) is 2.99. The molecule has 1 aliphatic rings. The molecule has 0 aromatic rings. The number of hydrogen-bond acceptors (Lipinski definition) is 2. The fraction of sp³-hybridized carbons (Fsp3) is 0.900. The Morgan fingerprint density at radius 1 is 1.38 bits per heavy atom. The number of carbonyl (C=O) groups excluding carboxylic acids is 1. The van der Waals surface area contributed by atoms with Crippen molar-refractivity contribution in [2.45, 2.75) is 32.6 Å². The average Bonchev–Trinajstić information content (AvgIpc) is 2.18. The number of aliphatic hydroxyl groups is 1. The van der Waals surface area contributed by atoms with Crippen molar-refractivity contribution in [3.05, 3.63) is 0 Å². The predicted octanol–water partition coefficient (Wildman–Crippen LogP) is 0.921. The Morgan fingerprint density at radius 3 is 2.46 bits per heavy atom. The monoisotopic (exact) mass is 185 g/mol. The highest BCUT2D eigenvalue weighted by Gasteiger charge is 2.25. The molecule has 13 heavy (non-hydrogen) atoms. The first-order chi connectivity index (χ1) is 6.27. The van der Waals surface area contributed by atoms with Gasteiger partial charge in [-0.05, 0) is 38.5 Å². The fourth-order valence-electron chi connectivity index (χ4n) is 1.93. The summed E-state index contributed by atoms with van der Waals surface area (Å²) >= 11 is 0. The zero-order valence-corrected chi connectivity index (χ0v) is 8.25. The molecule has 0 heterocycles. The summed E-state index contributed by atoms with van der Waals surface area (Å²) in [5, 5.41) is 11.8. The summed E-state index contributed by atoms with van der Waals surface area (Å²) in [5.41, 5.74) is 0. The molecular formula is C10H19NO2. The molecule has 0 spiro atoms. The van der Waals surface area contributed by atoms with Gasteiger partial charge in [0.2, 0.25) is 5.91 Å². The highest BCUT2D eigenvalue weighted by molar-refractivity contribution is 5.78. The maximum Gasteiger partial charge on any atom is 0.223 e. The molecule has 1 aliphatic carbocycles. The number of rotatable bonds is 3. The van der Waals surface area contributed by atoms with Gasteiger partial charge in [0.15, 0.2) is 0 Å². The van der Waals surface area contributed by atoms with Crippen molar-refractivity contribution in [1.82, 2.24) is 5.32 Å². The molecule has 0 saturated heterocycles. The van der Waals surface area contributed by atoms with Crippen LogP contribution in [0.2, 0.25) is 0 Å². The summed E-state index contributed by atoms with van der Waals surface area (Å²) in [6, 6.07) is 0. The van der Waals surface area contributed by atoms with E-state index in [-0.39, 0.29) is 18.4 Å². The van der Waals surface area contributed by atoms with Crippen LogP contribution < -0.4 is 5.32 Å². The Kier molecular flexibility index (Phi) is 4.22. The van der Waals surface area contributed by atoms with E-state index in [1.807, 2.05) is 6.92 Å². The first-order valence-electron chi connectivity index (χ1n) is 5.16. The van der Waals surface area contributed by atoms with Gasteiger partial charge in [-0.1, -0.05) is 0 Å². The normalized spacial score (nSPS) is 28.5. The van der Waals surface area contributed by atoms with Crippen LogP contribution in [0.3, 0.4) is 0 Å². The van der Waals surface area contributed by atoms with Gasteiger partial charge < -0.3 is 10.4 Å². The summed E-state index contributed by atoms with van der Waals surface area (Å²) in [5.74, 6) is 0.826. The molecule has 3 nitrogen and oxygen atoms in total. The van der Waals surface area contributed by atoms with Crippen molar-refractivity contribution in [3.63, 3.8) is 0 Å². The summed E-state index contributed by atoms with van der Waals surface area (Å²) in [4.78, 5) is 11.4. The maximum atomic E-state index is 11.4. The largest absolute Gasteiger partial charge is 0.396 e. The van der Waals surface area contributed by atoms with Gasteiger partial charge in [-0.15, -0.1) is 0 Å². The van der Waals surface area contributed by atoms with Gasteiger partial charge in [0.25, 0.3) is 0 Å². The van der Waals surface area contributed by atoms with Gasteiger partial charge in [0, 0.05) is 19.1 Å². The molecule has 0 aliphatic heterocycles. The van der Waals surface area contributed by atoms with E-state index >= 15 is 0 Å². The molecule has 76 valence electrons. The van der Waals surface area contributed by atoms with Crippen molar-refractivity contribution in [1.29, 1.82) is 0 Å². The Morgan fingerprint density at radius 2 is 2.00 bits per heavy atom. The Bertz CT molecular complexity index is 162. The van der Waals surface area contributed by atoms with Crippen molar-refractivity contribution in [2.24, 2.45) is 11.8 Å². The minimum Gasteiger partial charge on any atom is -0.396 e. The lowest BCUT2D eigenvalue weighted by molar-refractivity contribution is -0.126. The van der Waals surface area contributed by atoms with Crippen molar-refractivity contribution in [2.75, 3.05) is 13.2 Å². The Hall–Kier alpha value is -0.570. The molecule has 3 heteroatoms. The lowest BCUT2D eigenvalue weighted by Gasteiger charge is -2.26. The molecule has 0 bridgehead atoms. The van der Waals surface area contributed by atoms with Crippen molar-refractivity contribution < 1.29 is 9.90 Å². The standard InChI is InChI=1S/C10H19NO2/c1-2-11-10(13)9-5-3-8(7-12)4-6-9/h8-9,12H,2-7H2,1H3,(H,11,13). The van der Waals surface area contributed by atoms with Crippen LogP contribution in [0.1, 0.15) is 32.6 Å². The molecule has 0 aromatic heterocycles. The van der Waals surface area contributed by atoms with Gasteiger partial charge in [0.1, 0.15) is 0 Å². The van der Waals surface area contributed by atoms with E-state index in [4.69, 9.17) is 5.11 Å². The van der Waals surface area contributed by atoms with E-state index < -0.39 is 0 Å². The average molecular weight is 185 g/mol. The number of hydrogen-bond donors (Lipinski definition) is 2. The van der Waals surface area contributed by atoms with E-state index in [1.165, 1.54) is 0 Å². The van der Waals surface area contributed by atoms with Crippen molar-refractivity contribution >= 4 is 5.91 Å². The molecule has 2 N–H and O–H groups in total. The SMILES string of the molecule is CCNC(=O)C1CCC(CO)CC1. The summed E-state index contributed by atoms with van der Waals surface area (Å²) in [7, 11) is 0. The van der Waals surface area contributed by atoms with Gasteiger partial charge in [0.05, 0.1) is 0 Å². The van der Waals surface area contributed by atoms with Gasteiger partial charge in [-0.2, -0.15) is 0 Å². The molecule has 0 radical (unpaired) electrons. The van der Waals surface area contributed by atoms with E-state index in [0.717, 1.165) is 32.2 Å². The van der Waals surface area contributed by atoms with Crippen LogP contribution >= 0.6 is 0 Å². The smallest absolute Gasteiger partial charge is 0.223 e. The second kappa shape index (κ2) is 5.22. The molecule has 1 amide bonds. The minimum atomic E-state index is 0.193. The first-order valence-corrected chi connectivity index (χ1v) is 5.16. The van der Waals surface area contributed by atoms with Crippen LogP contribution in [0, 0.1) is 11.8 Å². The third-order valence-electron chi connectivity index (χ3n) is 2.83. The van der Waals surface area contributed by atoms with E-state index in [0.29, 0.717) is 5.92 Å². The first kappa shape index (κ1) is 10.5. The van der Waals surface area contributed by atoms with Crippen molar-refractivity contribution in [3.8, 4) is 0 Å². The zero-order chi connectivity index (χ0) is 9.68. The van der Waals surface area contributed by atoms with Gasteiger partial charge in [-0.3, -0.25) is 4.79 Å². The van der Waals surface area contributed by atoms with E-state index in [9.17, 15) is 4.79 Å². The Balaban J connectivity index is 2.28. The topological polar surface area (TPSA) is 49.3 Å². The molecule has 1 saturated carbocycles. The molecule has 0 unspecified atom stereocenters. The van der Waals surface area contributed by atoms with E-state index in [1.54, 1.807) is 0 Å². The molecule has 0 atom stereocenters. The van der Waals surface area contributed by atoms with Crippen LogP contribution in [0.4, 0.5) is 0 Å². The summed E-state index contributed by atoms with van der Waals surface area (Å²) in [6.45, 7) is 2.94. The van der Waals surface area contributed by atoms with Gasteiger partial charge in [-0.25, -0.2) is 0 Å². The van der Waals surface area contributed by atoms with Crippen LogP contribution in [0.15, 0.2) is 0 Å². The second-order valence-electron chi connectivity index (χ2n) is 3.79. The highest BCUT2D eigenvalue weighted by atomic mass is 16.3. The lowest BCUT2D eigenvalue weighted by Crippen LogP contribution is -2.33. The number of amides is 1. The quantitative estimate of drug-likeness (QED) is 0.687. The number of aliphatic hydroxyl groups excluding tert-OH is 1.